The molecule has 0 spiro atoms. The number of hydrogen-bond donors (Lipinski definition) is 0. The Hall–Kier alpha value is -1.20. The zero-order chi connectivity index (χ0) is 16.0. The van der Waals surface area contributed by atoms with Crippen LogP contribution in [0.15, 0.2) is 18.2 Å². The van der Waals surface area contributed by atoms with Crippen LogP contribution in [0.25, 0.3) is 0 Å². The van der Waals surface area contributed by atoms with E-state index in [2.05, 4.69) is 0 Å². The Kier molecular flexibility index (Phi) is 4.02. The second-order valence-electron chi connectivity index (χ2n) is 5.96. The maximum absolute atomic E-state index is 12.8. The van der Waals surface area contributed by atoms with Crippen LogP contribution in [0.4, 0.5) is 26.3 Å². The van der Waals surface area contributed by atoms with Gasteiger partial charge in [-0.15, -0.1) is 0 Å². The molecule has 0 nitrogen and oxygen atoms in total. The smallest absolute Gasteiger partial charge is 0.166 e. The Bertz CT molecular complexity index is 472. The molecule has 0 aliphatic heterocycles. The summed E-state index contributed by atoms with van der Waals surface area (Å²) in [6.07, 6.45) is -8.29. The van der Waals surface area contributed by atoms with Crippen LogP contribution in [0, 0.1) is 11.8 Å². The third-order valence-electron chi connectivity index (χ3n) is 4.37. The monoisotopic (exact) mass is 310 g/mol. The second kappa shape index (κ2) is 5.21. The van der Waals surface area contributed by atoms with Gasteiger partial charge < -0.3 is 0 Å². The molecule has 0 amide bonds. The zero-order valence-electron chi connectivity index (χ0n) is 11.6. The summed E-state index contributed by atoms with van der Waals surface area (Å²) in [5.41, 5.74) is -2.30. The SMILES string of the molecule is C[C@@H]1C[C@H](c2cc(C(F)(F)F)cc(C(F)(F)F)c2)C[C@@H]1C. The quantitative estimate of drug-likeness (QED) is 0.569. The Morgan fingerprint density at radius 1 is 0.762 bits per heavy atom. The third kappa shape index (κ3) is 3.52. The Morgan fingerprint density at radius 3 is 1.48 bits per heavy atom. The van der Waals surface area contributed by atoms with Gasteiger partial charge in [0.15, 0.2) is 0 Å². The zero-order valence-corrected chi connectivity index (χ0v) is 11.6. The highest BCUT2D eigenvalue weighted by atomic mass is 19.4. The van der Waals surface area contributed by atoms with Crippen molar-refractivity contribution < 1.29 is 26.3 Å². The van der Waals surface area contributed by atoms with E-state index < -0.39 is 23.5 Å². The molecular weight excluding hydrogens is 294 g/mol. The molecule has 0 heterocycles. The first-order valence-corrected chi connectivity index (χ1v) is 6.78. The lowest BCUT2D eigenvalue weighted by Crippen LogP contribution is -2.12. The van der Waals surface area contributed by atoms with Crippen LogP contribution in [-0.2, 0) is 12.4 Å². The van der Waals surface area contributed by atoms with Crippen LogP contribution in [0.1, 0.15) is 49.3 Å². The molecule has 1 saturated carbocycles. The van der Waals surface area contributed by atoms with Gasteiger partial charge in [-0.25, -0.2) is 0 Å². The number of alkyl halides is 6. The Labute approximate surface area is 119 Å². The highest BCUT2D eigenvalue weighted by molar-refractivity contribution is 5.36. The van der Waals surface area contributed by atoms with E-state index in [1.807, 2.05) is 13.8 Å². The molecule has 21 heavy (non-hydrogen) atoms. The van der Waals surface area contributed by atoms with Gasteiger partial charge in [0, 0.05) is 0 Å². The lowest BCUT2D eigenvalue weighted by molar-refractivity contribution is -0.143. The van der Waals surface area contributed by atoms with Crippen molar-refractivity contribution >= 4 is 0 Å². The predicted octanol–water partition coefficient (Wildman–Crippen LogP) is 5.87. The van der Waals surface area contributed by atoms with Crippen molar-refractivity contribution in [2.24, 2.45) is 11.8 Å². The van der Waals surface area contributed by atoms with Crippen molar-refractivity contribution in [3.63, 3.8) is 0 Å². The van der Waals surface area contributed by atoms with Crippen molar-refractivity contribution in [2.45, 2.75) is 45.0 Å². The molecule has 3 atom stereocenters. The summed E-state index contributed by atoms with van der Waals surface area (Å²) in [5, 5.41) is 0. The van der Waals surface area contributed by atoms with Gasteiger partial charge in [-0.2, -0.15) is 26.3 Å². The Balaban J connectivity index is 2.46. The van der Waals surface area contributed by atoms with E-state index in [-0.39, 0.29) is 17.5 Å². The standard InChI is InChI=1S/C15H16F6/c1-8-3-10(4-9(8)2)11-5-12(14(16,17)18)7-13(6-11)15(19,20)21/h5-10H,3-4H2,1-2H3/t8-,9+,10+. The minimum absolute atomic E-state index is 0.147. The van der Waals surface area contributed by atoms with E-state index in [9.17, 15) is 26.3 Å². The minimum Gasteiger partial charge on any atom is -0.166 e. The third-order valence-corrected chi connectivity index (χ3v) is 4.37. The molecule has 1 aromatic rings. The fraction of sp³-hybridized carbons (Fsp3) is 0.600. The van der Waals surface area contributed by atoms with Crippen LogP contribution in [0.2, 0.25) is 0 Å². The molecule has 0 saturated heterocycles. The lowest BCUT2D eigenvalue weighted by atomic mass is 9.92. The molecular formula is C15H16F6. The van der Waals surface area contributed by atoms with Gasteiger partial charge in [0.1, 0.15) is 0 Å². The molecule has 2 rings (SSSR count). The minimum atomic E-state index is -4.77. The van der Waals surface area contributed by atoms with Gasteiger partial charge in [-0.1, -0.05) is 13.8 Å². The summed E-state index contributed by atoms with van der Waals surface area (Å²) >= 11 is 0. The molecule has 0 bridgehead atoms. The molecule has 0 radical (unpaired) electrons. The van der Waals surface area contributed by atoms with E-state index in [4.69, 9.17) is 0 Å². The van der Waals surface area contributed by atoms with Crippen LogP contribution >= 0.6 is 0 Å². The van der Waals surface area contributed by atoms with E-state index in [1.165, 1.54) is 0 Å². The molecule has 0 unspecified atom stereocenters. The van der Waals surface area contributed by atoms with Crippen molar-refractivity contribution in [1.29, 1.82) is 0 Å². The van der Waals surface area contributed by atoms with Crippen LogP contribution in [0.5, 0.6) is 0 Å². The van der Waals surface area contributed by atoms with Crippen LogP contribution in [0.3, 0.4) is 0 Å². The molecule has 1 fully saturated rings. The number of hydrogen-bond acceptors (Lipinski definition) is 0. The van der Waals surface area contributed by atoms with Crippen molar-refractivity contribution in [1.82, 2.24) is 0 Å². The van der Waals surface area contributed by atoms with Crippen molar-refractivity contribution in [3.05, 3.63) is 34.9 Å². The molecule has 1 aromatic carbocycles. The predicted molar refractivity (Wildman–Crippen MR) is 66.7 cm³/mol. The van der Waals surface area contributed by atoms with E-state index in [1.54, 1.807) is 0 Å². The first-order valence-electron chi connectivity index (χ1n) is 6.78. The number of rotatable bonds is 1. The van der Waals surface area contributed by atoms with Gasteiger partial charge in [-0.05, 0) is 54.4 Å². The molecule has 1 aliphatic carbocycles. The van der Waals surface area contributed by atoms with Crippen LogP contribution < -0.4 is 0 Å². The first-order chi connectivity index (χ1) is 9.48. The van der Waals surface area contributed by atoms with Crippen LogP contribution in [-0.4, -0.2) is 0 Å². The first kappa shape index (κ1) is 16.2. The average molecular weight is 310 g/mol. The van der Waals surface area contributed by atoms with Gasteiger partial charge in [-0.3, -0.25) is 0 Å². The molecule has 6 heteroatoms. The summed E-state index contributed by atoms with van der Waals surface area (Å²) in [4.78, 5) is 0. The highest BCUT2D eigenvalue weighted by Crippen LogP contribution is 2.45. The number of benzene rings is 1. The largest absolute Gasteiger partial charge is 0.416 e. The summed E-state index contributed by atoms with van der Waals surface area (Å²) in [7, 11) is 0. The fourth-order valence-electron chi connectivity index (χ4n) is 2.95. The topological polar surface area (TPSA) is 0 Å². The van der Waals surface area contributed by atoms with Crippen molar-refractivity contribution in [2.75, 3.05) is 0 Å². The lowest BCUT2D eigenvalue weighted by Gasteiger charge is -2.17. The molecule has 0 N–H and O–H groups in total. The Morgan fingerprint density at radius 2 is 1.14 bits per heavy atom. The normalized spacial score (nSPS) is 27.1. The summed E-state index contributed by atoms with van der Waals surface area (Å²) in [5.74, 6) is 0.371. The summed E-state index contributed by atoms with van der Waals surface area (Å²) in [6, 6.07) is 1.92. The van der Waals surface area contributed by atoms with E-state index >= 15 is 0 Å². The molecule has 118 valence electrons. The maximum Gasteiger partial charge on any atom is 0.416 e. The maximum atomic E-state index is 12.8. The fourth-order valence-corrected chi connectivity index (χ4v) is 2.95. The number of halogens is 6. The molecule has 0 aromatic heterocycles. The van der Waals surface area contributed by atoms with Crippen molar-refractivity contribution in [3.8, 4) is 0 Å². The van der Waals surface area contributed by atoms with Gasteiger partial charge in [0.25, 0.3) is 0 Å². The second-order valence-corrected chi connectivity index (χ2v) is 5.96. The summed E-state index contributed by atoms with van der Waals surface area (Å²) in [6.45, 7) is 3.95. The van der Waals surface area contributed by atoms with Gasteiger partial charge in [0.05, 0.1) is 11.1 Å². The van der Waals surface area contributed by atoms with E-state index in [0.717, 1.165) is 12.1 Å². The summed E-state index contributed by atoms with van der Waals surface area (Å²) < 4.78 is 76.9. The molecule has 1 aliphatic rings. The average Bonchev–Trinajstić information content (AvgIpc) is 2.67. The highest BCUT2D eigenvalue weighted by Gasteiger charge is 2.38. The van der Waals surface area contributed by atoms with E-state index in [0.29, 0.717) is 24.7 Å². The van der Waals surface area contributed by atoms with Gasteiger partial charge >= 0.3 is 12.4 Å². The van der Waals surface area contributed by atoms with Gasteiger partial charge in [0.2, 0.25) is 0 Å².